The quantitative estimate of drug-likeness (QED) is 0.367. The van der Waals surface area contributed by atoms with E-state index in [4.69, 9.17) is 4.74 Å². The highest BCUT2D eigenvalue weighted by Crippen LogP contribution is 2.28. The van der Waals surface area contributed by atoms with Crippen LogP contribution in [0.25, 0.3) is 16.6 Å². The molecule has 10 heteroatoms. The Balaban J connectivity index is 1.47. The number of fused-ring (bicyclic) bond motifs is 3. The van der Waals surface area contributed by atoms with E-state index in [1.807, 2.05) is 35.6 Å². The Morgan fingerprint density at radius 2 is 1.87 bits per heavy atom. The molecule has 158 valence electrons. The van der Waals surface area contributed by atoms with Gasteiger partial charge in [-0.15, -0.1) is 10.2 Å². The number of aryl methyl sites for hydroxylation is 1. The molecule has 2 aromatic heterocycles. The van der Waals surface area contributed by atoms with Gasteiger partial charge in [0.25, 0.3) is 5.91 Å². The van der Waals surface area contributed by atoms with E-state index in [0.717, 1.165) is 16.5 Å². The van der Waals surface area contributed by atoms with Crippen LogP contribution in [0.15, 0.2) is 53.7 Å². The molecule has 4 aromatic rings. The van der Waals surface area contributed by atoms with E-state index >= 15 is 0 Å². The summed E-state index contributed by atoms with van der Waals surface area (Å²) in [6, 6.07) is 12.7. The molecule has 0 saturated heterocycles. The fourth-order valence-corrected chi connectivity index (χ4v) is 3.84. The van der Waals surface area contributed by atoms with Gasteiger partial charge in [0.15, 0.2) is 10.8 Å². The lowest BCUT2D eigenvalue weighted by Crippen LogP contribution is -2.42. The number of carbonyl (C=O) groups is 2. The van der Waals surface area contributed by atoms with Gasteiger partial charge in [0.05, 0.1) is 18.4 Å². The van der Waals surface area contributed by atoms with Crippen LogP contribution in [-0.2, 0) is 4.79 Å². The van der Waals surface area contributed by atoms with E-state index in [-0.39, 0.29) is 11.3 Å². The molecule has 2 N–H and O–H groups in total. The highest BCUT2D eigenvalue weighted by Gasteiger charge is 2.14. The monoisotopic (exact) mass is 439 g/mol. The predicted molar refractivity (Wildman–Crippen MR) is 115 cm³/mol. The first-order chi connectivity index (χ1) is 15.0. The Bertz CT molecular complexity index is 1290. The van der Waals surface area contributed by atoms with Gasteiger partial charge < -0.3 is 4.74 Å². The van der Waals surface area contributed by atoms with Crippen LogP contribution in [0.1, 0.15) is 15.9 Å². The third kappa shape index (κ3) is 4.29. The van der Waals surface area contributed by atoms with E-state index in [1.165, 1.54) is 36.0 Å². The molecule has 0 saturated carbocycles. The molecule has 0 spiro atoms. The molecule has 0 bridgehead atoms. The van der Waals surface area contributed by atoms with Crippen molar-refractivity contribution < 1.29 is 18.7 Å². The van der Waals surface area contributed by atoms with E-state index in [2.05, 4.69) is 21.0 Å². The van der Waals surface area contributed by atoms with E-state index in [0.29, 0.717) is 16.6 Å². The molecule has 31 heavy (non-hydrogen) atoms. The number of nitrogens with one attached hydrogen (secondary N) is 2. The number of benzene rings is 2. The number of hydrogen-bond acceptors (Lipinski definition) is 6. The summed E-state index contributed by atoms with van der Waals surface area (Å²) >= 11 is 1.18. The lowest BCUT2D eigenvalue weighted by atomic mass is 10.1. The second-order valence-corrected chi connectivity index (χ2v) is 7.63. The number of halogens is 1. The lowest BCUT2D eigenvalue weighted by Gasteiger charge is -2.10. The minimum Gasteiger partial charge on any atom is -0.497 e. The normalized spacial score (nSPS) is 10.9. The number of thioether (sulfide) groups is 1. The summed E-state index contributed by atoms with van der Waals surface area (Å²) in [4.78, 5) is 24.2. The van der Waals surface area contributed by atoms with E-state index < -0.39 is 17.6 Å². The highest BCUT2D eigenvalue weighted by molar-refractivity contribution is 7.99. The zero-order valence-electron chi connectivity index (χ0n) is 16.7. The maximum atomic E-state index is 12.9. The summed E-state index contributed by atoms with van der Waals surface area (Å²) in [5.41, 5.74) is 7.45. The first-order valence-corrected chi connectivity index (χ1v) is 10.2. The summed E-state index contributed by atoms with van der Waals surface area (Å²) in [5.74, 6) is -0.710. The third-order valence-electron chi connectivity index (χ3n) is 4.63. The Kier molecular flexibility index (Phi) is 5.72. The number of hydrazine groups is 1. The topological polar surface area (TPSA) is 97.6 Å². The summed E-state index contributed by atoms with van der Waals surface area (Å²) in [6.45, 7) is 1.99. The van der Waals surface area contributed by atoms with Gasteiger partial charge in [0.2, 0.25) is 5.91 Å². The number of ether oxygens (including phenoxy) is 1. The molecule has 0 fully saturated rings. The third-order valence-corrected chi connectivity index (χ3v) is 5.56. The van der Waals surface area contributed by atoms with Crippen molar-refractivity contribution in [3.63, 3.8) is 0 Å². The Morgan fingerprint density at radius 1 is 1.10 bits per heavy atom. The van der Waals surface area contributed by atoms with Crippen molar-refractivity contribution in [2.45, 2.75) is 12.1 Å². The summed E-state index contributed by atoms with van der Waals surface area (Å²) in [6.07, 6.45) is 0. The molecule has 0 aliphatic heterocycles. The number of aromatic nitrogens is 3. The summed E-state index contributed by atoms with van der Waals surface area (Å²) in [5, 5.41) is 9.96. The minimum atomic E-state index is -0.542. The molecule has 0 aliphatic carbocycles. The molecule has 0 radical (unpaired) electrons. The van der Waals surface area contributed by atoms with E-state index in [9.17, 15) is 14.0 Å². The Hall–Kier alpha value is -3.66. The van der Waals surface area contributed by atoms with Crippen molar-refractivity contribution in [1.29, 1.82) is 0 Å². The van der Waals surface area contributed by atoms with Gasteiger partial charge in [-0.2, -0.15) is 0 Å². The number of methoxy groups -OCH3 is 1. The minimum absolute atomic E-state index is 0.00380. The van der Waals surface area contributed by atoms with Gasteiger partial charge in [0, 0.05) is 17.0 Å². The van der Waals surface area contributed by atoms with Crippen LogP contribution in [0, 0.1) is 12.7 Å². The lowest BCUT2D eigenvalue weighted by molar-refractivity contribution is -0.119. The van der Waals surface area contributed by atoms with Gasteiger partial charge >= 0.3 is 0 Å². The van der Waals surface area contributed by atoms with Gasteiger partial charge in [-0.3, -0.25) is 24.8 Å². The summed E-state index contributed by atoms with van der Waals surface area (Å²) < 4.78 is 20.1. The average molecular weight is 439 g/mol. The predicted octanol–water partition coefficient (Wildman–Crippen LogP) is 2.89. The smallest absolute Gasteiger partial charge is 0.269 e. The number of hydrogen-bond donors (Lipinski definition) is 2. The van der Waals surface area contributed by atoms with Crippen molar-refractivity contribution in [2.24, 2.45) is 0 Å². The van der Waals surface area contributed by atoms with Crippen molar-refractivity contribution in [3.05, 3.63) is 65.5 Å². The second-order valence-electron chi connectivity index (χ2n) is 6.68. The zero-order chi connectivity index (χ0) is 22.0. The first kappa shape index (κ1) is 20.6. The van der Waals surface area contributed by atoms with Crippen LogP contribution in [0.2, 0.25) is 0 Å². The number of rotatable bonds is 5. The molecule has 0 aliphatic rings. The maximum Gasteiger partial charge on any atom is 0.269 e. The number of carbonyl (C=O) groups excluding carboxylic acids is 2. The van der Waals surface area contributed by atoms with Gasteiger partial charge in [-0.05, 0) is 55.0 Å². The molecule has 2 amide bonds. The Labute approximate surface area is 180 Å². The van der Waals surface area contributed by atoms with Crippen molar-refractivity contribution in [2.75, 3.05) is 12.9 Å². The molecular formula is C21H18FN5O3S. The van der Waals surface area contributed by atoms with Crippen LogP contribution in [-0.4, -0.2) is 39.3 Å². The molecule has 2 heterocycles. The molecule has 0 atom stereocenters. The van der Waals surface area contributed by atoms with Crippen LogP contribution < -0.4 is 15.6 Å². The van der Waals surface area contributed by atoms with Crippen LogP contribution in [0.3, 0.4) is 0 Å². The number of pyridine rings is 1. The van der Waals surface area contributed by atoms with Gasteiger partial charge in [-0.25, -0.2) is 4.39 Å². The van der Waals surface area contributed by atoms with Crippen molar-refractivity contribution >= 4 is 40.1 Å². The summed E-state index contributed by atoms with van der Waals surface area (Å²) in [7, 11) is 1.60. The molecule has 4 rings (SSSR count). The highest BCUT2D eigenvalue weighted by atomic mass is 32.2. The number of nitrogens with zero attached hydrogens (tertiary/aromatic N) is 3. The van der Waals surface area contributed by atoms with Gasteiger partial charge in [0.1, 0.15) is 11.6 Å². The average Bonchev–Trinajstić information content (AvgIpc) is 3.19. The van der Waals surface area contributed by atoms with Crippen LogP contribution in [0.4, 0.5) is 4.39 Å². The molecule has 8 nitrogen and oxygen atoms in total. The molecule has 2 aromatic carbocycles. The fraction of sp³-hybridized carbons (Fsp3) is 0.143. The fourth-order valence-electron chi connectivity index (χ4n) is 3.09. The largest absolute Gasteiger partial charge is 0.497 e. The van der Waals surface area contributed by atoms with Crippen LogP contribution in [0.5, 0.6) is 5.75 Å². The zero-order valence-corrected chi connectivity index (χ0v) is 17.5. The molecular weight excluding hydrogens is 421 g/mol. The van der Waals surface area contributed by atoms with Gasteiger partial charge in [-0.1, -0.05) is 11.8 Å². The SMILES string of the molecule is COc1ccc2c(C)cc3nnc(SCC(=O)NNC(=O)c4ccc(F)cc4)n3c2c1. The van der Waals surface area contributed by atoms with Crippen molar-refractivity contribution in [3.8, 4) is 5.75 Å². The van der Waals surface area contributed by atoms with Crippen molar-refractivity contribution in [1.82, 2.24) is 25.4 Å². The maximum absolute atomic E-state index is 12.9. The standard InChI is InChI=1S/C21H18FN5O3S/c1-12-9-18-23-26-21(27(18)17-10-15(30-2)7-8-16(12)17)31-11-19(28)24-25-20(29)13-3-5-14(22)6-4-13/h3-10H,11H2,1-2H3,(H,24,28)(H,25,29). The number of amides is 2. The van der Waals surface area contributed by atoms with E-state index in [1.54, 1.807) is 7.11 Å². The molecule has 0 unspecified atom stereocenters. The van der Waals surface area contributed by atoms with Crippen LogP contribution >= 0.6 is 11.8 Å². The Morgan fingerprint density at radius 3 is 2.61 bits per heavy atom. The first-order valence-electron chi connectivity index (χ1n) is 9.26. The second kappa shape index (κ2) is 8.60.